The molecule has 1 aliphatic heterocycles. The normalized spacial score (nSPS) is 15.5. The SMILES string of the molecule is COc1cc(CC(=O)N2CC[S+](C)CC2)cc(OC)c1OC. The molecule has 0 bridgehead atoms. The van der Waals surface area contributed by atoms with Crippen LogP contribution in [0.4, 0.5) is 0 Å². The van der Waals surface area contributed by atoms with E-state index in [0.29, 0.717) is 34.6 Å². The van der Waals surface area contributed by atoms with Crippen LogP contribution in [-0.4, -0.2) is 63.0 Å². The zero-order valence-corrected chi connectivity index (χ0v) is 14.5. The van der Waals surface area contributed by atoms with Crippen LogP contribution in [0.5, 0.6) is 17.2 Å². The molecule has 0 aliphatic carbocycles. The molecule has 22 heavy (non-hydrogen) atoms. The molecular weight excluding hydrogens is 302 g/mol. The van der Waals surface area contributed by atoms with E-state index in [1.54, 1.807) is 21.3 Å². The number of hydrogen-bond donors (Lipinski definition) is 0. The fraction of sp³-hybridized carbons (Fsp3) is 0.562. The third kappa shape index (κ3) is 3.80. The van der Waals surface area contributed by atoms with Crippen molar-refractivity contribution in [3.05, 3.63) is 17.7 Å². The van der Waals surface area contributed by atoms with Gasteiger partial charge < -0.3 is 19.1 Å². The summed E-state index contributed by atoms with van der Waals surface area (Å²) in [4.78, 5) is 14.4. The molecular formula is C16H24NO4S+. The van der Waals surface area contributed by atoms with Gasteiger partial charge in [-0.15, -0.1) is 0 Å². The van der Waals surface area contributed by atoms with Crippen molar-refractivity contribution in [2.75, 3.05) is 52.2 Å². The molecule has 1 aromatic carbocycles. The summed E-state index contributed by atoms with van der Waals surface area (Å²) in [6.07, 6.45) is 2.62. The molecule has 0 saturated carbocycles. The van der Waals surface area contributed by atoms with E-state index in [1.807, 2.05) is 17.0 Å². The molecule has 1 amide bonds. The van der Waals surface area contributed by atoms with E-state index < -0.39 is 0 Å². The van der Waals surface area contributed by atoms with Gasteiger partial charge in [-0.05, 0) is 28.6 Å². The standard InChI is InChI=1S/C16H24NO4S/c1-19-13-9-12(10-14(20-2)16(13)21-3)11-15(18)17-5-7-22(4)8-6-17/h9-10H,5-8,11H2,1-4H3/q+1. The second-order valence-electron chi connectivity index (χ2n) is 5.28. The van der Waals surface area contributed by atoms with Crippen LogP contribution in [0.15, 0.2) is 12.1 Å². The Kier molecular flexibility index (Phi) is 5.83. The molecule has 0 unspecified atom stereocenters. The highest BCUT2D eigenvalue weighted by molar-refractivity contribution is 7.96. The van der Waals surface area contributed by atoms with Crippen LogP contribution in [-0.2, 0) is 22.1 Å². The van der Waals surface area contributed by atoms with E-state index in [4.69, 9.17) is 14.2 Å². The van der Waals surface area contributed by atoms with Gasteiger partial charge in [-0.2, -0.15) is 0 Å². The van der Waals surface area contributed by atoms with E-state index in [2.05, 4.69) is 6.26 Å². The predicted octanol–water partition coefficient (Wildman–Crippen LogP) is 1.35. The average Bonchev–Trinajstić information content (AvgIpc) is 2.54. The van der Waals surface area contributed by atoms with E-state index in [9.17, 15) is 4.79 Å². The van der Waals surface area contributed by atoms with Gasteiger partial charge in [-0.1, -0.05) is 0 Å². The fourth-order valence-electron chi connectivity index (χ4n) is 2.52. The maximum Gasteiger partial charge on any atom is 0.227 e. The molecule has 6 heteroatoms. The van der Waals surface area contributed by atoms with Crippen molar-refractivity contribution in [1.29, 1.82) is 0 Å². The molecule has 0 radical (unpaired) electrons. The number of carbonyl (C=O) groups is 1. The predicted molar refractivity (Wildman–Crippen MR) is 89.4 cm³/mol. The third-order valence-corrected chi connectivity index (χ3v) is 5.61. The molecule has 1 aromatic rings. The molecule has 0 spiro atoms. The summed E-state index contributed by atoms with van der Waals surface area (Å²) < 4.78 is 16.0. The van der Waals surface area contributed by atoms with Crippen molar-refractivity contribution in [1.82, 2.24) is 4.90 Å². The number of rotatable bonds is 5. The number of benzene rings is 1. The van der Waals surface area contributed by atoms with Crippen molar-refractivity contribution in [2.24, 2.45) is 0 Å². The van der Waals surface area contributed by atoms with Gasteiger partial charge in [0.15, 0.2) is 11.5 Å². The van der Waals surface area contributed by atoms with Crippen molar-refractivity contribution in [2.45, 2.75) is 6.42 Å². The summed E-state index contributed by atoms with van der Waals surface area (Å²) in [7, 11) is 5.19. The molecule has 1 aliphatic rings. The minimum Gasteiger partial charge on any atom is -0.493 e. The van der Waals surface area contributed by atoms with Crippen LogP contribution >= 0.6 is 0 Å². The van der Waals surface area contributed by atoms with Gasteiger partial charge >= 0.3 is 0 Å². The van der Waals surface area contributed by atoms with Crippen molar-refractivity contribution in [3.63, 3.8) is 0 Å². The molecule has 122 valence electrons. The van der Waals surface area contributed by atoms with Crippen molar-refractivity contribution < 1.29 is 19.0 Å². The molecule has 1 fully saturated rings. The summed E-state index contributed by atoms with van der Waals surface area (Å²) in [5.74, 6) is 4.10. The fourth-order valence-corrected chi connectivity index (χ4v) is 3.79. The molecule has 0 aromatic heterocycles. The monoisotopic (exact) mass is 326 g/mol. The summed E-state index contributed by atoms with van der Waals surface area (Å²) >= 11 is 0. The Hall–Kier alpha value is -1.56. The lowest BCUT2D eigenvalue weighted by Gasteiger charge is -2.26. The first-order chi connectivity index (χ1) is 10.6. The molecule has 1 saturated heterocycles. The van der Waals surface area contributed by atoms with Gasteiger partial charge in [0.25, 0.3) is 0 Å². The lowest BCUT2D eigenvalue weighted by atomic mass is 10.1. The Labute approximate surface area is 134 Å². The van der Waals surface area contributed by atoms with Crippen LogP contribution in [0.3, 0.4) is 0 Å². The second-order valence-corrected chi connectivity index (χ2v) is 7.66. The van der Waals surface area contributed by atoms with E-state index in [-0.39, 0.29) is 5.91 Å². The number of ether oxygens (including phenoxy) is 3. The molecule has 0 N–H and O–H groups in total. The highest BCUT2D eigenvalue weighted by Crippen LogP contribution is 2.38. The van der Waals surface area contributed by atoms with E-state index >= 15 is 0 Å². The summed E-state index contributed by atoms with van der Waals surface area (Å²) in [5.41, 5.74) is 0.876. The van der Waals surface area contributed by atoms with Crippen LogP contribution in [0.25, 0.3) is 0 Å². The number of hydrogen-bond acceptors (Lipinski definition) is 4. The van der Waals surface area contributed by atoms with E-state index in [0.717, 1.165) is 30.2 Å². The first kappa shape index (κ1) is 16.8. The summed E-state index contributed by atoms with van der Waals surface area (Å²) in [6, 6.07) is 3.68. The molecule has 5 nitrogen and oxygen atoms in total. The lowest BCUT2D eigenvalue weighted by molar-refractivity contribution is -0.130. The van der Waals surface area contributed by atoms with Crippen LogP contribution in [0.1, 0.15) is 5.56 Å². The Morgan fingerprint density at radius 3 is 2.09 bits per heavy atom. The average molecular weight is 326 g/mol. The minimum atomic E-state index is 0.158. The third-order valence-electron chi connectivity index (χ3n) is 3.85. The zero-order chi connectivity index (χ0) is 16.1. The molecule has 2 rings (SSSR count). The van der Waals surface area contributed by atoms with Gasteiger partial charge in [0.2, 0.25) is 11.7 Å². The van der Waals surface area contributed by atoms with Gasteiger partial charge in [-0.3, -0.25) is 4.79 Å². The van der Waals surface area contributed by atoms with Crippen LogP contribution < -0.4 is 14.2 Å². The smallest absolute Gasteiger partial charge is 0.227 e. The molecule has 0 atom stereocenters. The maximum atomic E-state index is 12.4. The highest BCUT2D eigenvalue weighted by Gasteiger charge is 2.26. The van der Waals surface area contributed by atoms with Gasteiger partial charge in [0.1, 0.15) is 11.5 Å². The quantitative estimate of drug-likeness (QED) is 0.766. The highest BCUT2D eigenvalue weighted by atomic mass is 32.2. The Morgan fingerprint density at radius 2 is 1.64 bits per heavy atom. The maximum absolute atomic E-state index is 12.4. The number of nitrogens with zero attached hydrogens (tertiary/aromatic N) is 1. The summed E-state index contributed by atoms with van der Waals surface area (Å²) in [6.45, 7) is 1.73. The topological polar surface area (TPSA) is 48.0 Å². The Balaban J connectivity index is 2.13. The van der Waals surface area contributed by atoms with Crippen LogP contribution in [0.2, 0.25) is 0 Å². The summed E-state index contributed by atoms with van der Waals surface area (Å²) in [5, 5.41) is 0. The van der Waals surface area contributed by atoms with Gasteiger partial charge in [0, 0.05) is 0 Å². The van der Waals surface area contributed by atoms with E-state index in [1.165, 1.54) is 0 Å². The Bertz CT molecular complexity index is 502. The zero-order valence-electron chi connectivity index (χ0n) is 13.7. The van der Waals surface area contributed by atoms with Gasteiger partial charge in [-0.25, -0.2) is 0 Å². The Morgan fingerprint density at radius 1 is 1.09 bits per heavy atom. The first-order valence-corrected chi connectivity index (χ1v) is 9.22. The van der Waals surface area contributed by atoms with Crippen molar-refractivity contribution >= 4 is 16.8 Å². The molecule has 1 heterocycles. The number of carbonyl (C=O) groups excluding carboxylic acids is 1. The lowest BCUT2D eigenvalue weighted by Crippen LogP contribution is -2.44. The first-order valence-electron chi connectivity index (χ1n) is 7.24. The minimum absolute atomic E-state index is 0.158. The van der Waals surface area contributed by atoms with Crippen molar-refractivity contribution in [3.8, 4) is 17.2 Å². The number of amides is 1. The van der Waals surface area contributed by atoms with Crippen LogP contribution in [0, 0.1) is 0 Å². The second kappa shape index (κ2) is 7.63. The largest absolute Gasteiger partial charge is 0.493 e. The van der Waals surface area contributed by atoms with Gasteiger partial charge in [0.05, 0.1) is 47.1 Å². The number of methoxy groups -OCH3 is 3.